The van der Waals surface area contributed by atoms with Gasteiger partial charge in [-0.1, -0.05) is 12.2 Å². The molecule has 0 aromatic rings. The lowest BCUT2D eigenvalue weighted by atomic mass is 10.3. The summed E-state index contributed by atoms with van der Waals surface area (Å²) in [6, 6.07) is 0.682. The first-order valence-electron chi connectivity index (χ1n) is 5.35. The Bertz CT molecular complexity index is 399. The van der Waals surface area contributed by atoms with Gasteiger partial charge in [-0.25, -0.2) is 5.01 Å². The molecule has 92 valence electrons. The molecule has 0 saturated heterocycles. The molecule has 0 bridgehead atoms. The zero-order valence-electron chi connectivity index (χ0n) is 10.5. The number of fused-ring (bicyclic) bond motifs is 1. The van der Waals surface area contributed by atoms with E-state index in [1.54, 1.807) is 5.01 Å². The molecule has 0 spiro atoms. The van der Waals surface area contributed by atoms with Gasteiger partial charge in [0.2, 0.25) is 5.82 Å². The van der Waals surface area contributed by atoms with Gasteiger partial charge in [0.15, 0.2) is 5.17 Å². The molecule has 0 N–H and O–H groups in total. The number of rotatable bonds is 1. The van der Waals surface area contributed by atoms with Crippen LogP contribution >= 0.6 is 0 Å². The van der Waals surface area contributed by atoms with Crippen LogP contribution in [0.5, 0.6) is 0 Å². The molecule has 2 aliphatic rings. The van der Waals surface area contributed by atoms with E-state index in [1.807, 2.05) is 56.2 Å². The Balaban J connectivity index is 2.23. The van der Waals surface area contributed by atoms with Gasteiger partial charge in [-0.2, -0.15) is 0 Å². The van der Waals surface area contributed by atoms with E-state index in [9.17, 15) is 0 Å². The SMILES string of the molecule is CN(C)C(=[O+]N1N=NN2CC=CC=C21)N(C)C. The number of hydrogen-bond acceptors (Lipinski definition) is 4. The van der Waals surface area contributed by atoms with Crippen LogP contribution in [0.2, 0.25) is 0 Å². The van der Waals surface area contributed by atoms with E-state index in [2.05, 4.69) is 10.4 Å². The fourth-order valence-electron chi connectivity index (χ4n) is 1.58. The number of amides is 2. The normalized spacial score (nSPS) is 16.8. The number of hydroxylamine groups is 1. The lowest BCUT2D eigenvalue weighted by molar-refractivity contribution is -0.378. The van der Waals surface area contributed by atoms with Crippen molar-refractivity contribution in [3.8, 4) is 0 Å². The molecule has 7 nitrogen and oxygen atoms in total. The van der Waals surface area contributed by atoms with Gasteiger partial charge in [0.1, 0.15) is 0 Å². The number of carbonyl (C=O) groups excluding carboxylic acids is 1. The van der Waals surface area contributed by atoms with Gasteiger partial charge >= 0.3 is 6.03 Å². The predicted molar refractivity (Wildman–Crippen MR) is 63.4 cm³/mol. The molecule has 0 saturated carbocycles. The van der Waals surface area contributed by atoms with Crippen molar-refractivity contribution in [2.75, 3.05) is 34.7 Å². The number of urea groups is 1. The van der Waals surface area contributed by atoms with Gasteiger partial charge in [-0.15, -0.1) is 0 Å². The summed E-state index contributed by atoms with van der Waals surface area (Å²) < 4.78 is 5.70. The molecule has 0 fully saturated rings. The third-order valence-electron chi connectivity index (χ3n) is 2.28. The highest BCUT2D eigenvalue weighted by atomic mass is 16.6. The van der Waals surface area contributed by atoms with Crippen LogP contribution in [0.15, 0.2) is 34.5 Å². The minimum absolute atomic E-state index is 0.682. The van der Waals surface area contributed by atoms with Crippen molar-refractivity contribution in [2.45, 2.75) is 0 Å². The summed E-state index contributed by atoms with van der Waals surface area (Å²) in [7, 11) is 7.65. The van der Waals surface area contributed by atoms with E-state index in [4.69, 9.17) is 4.53 Å². The Labute approximate surface area is 100 Å². The van der Waals surface area contributed by atoms with Crippen molar-refractivity contribution >= 4 is 6.03 Å². The highest BCUT2D eigenvalue weighted by Gasteiger charge is 2.35. The summed E-state index contributed by atoms with van der Waals surface area (Å²) in [5, 5.41) is 11.1. The summed E-state index contributed by atoms with van der Waals surface area (Å²) in [6.07, 6.45) is 5.88. The first kappa shape index (κ1) is 11.4. The smallest absolute Gasteiger partial charge is 0.279 e. The van der Waals surface area contributed by atoms with Crippen LogP contribution in [-0.4, -0.2) is 60.7 Å². The van der Waals surface area contributed by atoms with E-state index in [1.165, 1.54) is 5.17 Å². The fourth-order valence-corrected chi connectivity index (χ4v) is 1.58. The molecule has 0 aliphatic carbocycles. The van der Waals surface area contributed by atoms with E-state index >= 15 is 0 Å². The maximum atomic E-state index is 5.70. The number of nitrogens with zero attached hydrogens (tertiary/aromatic N) is 6. The standard InChI is InChI=1S/C10H17N6O/c1-13(2)10(14(3)4)17-16-9-7-5-6-8-15(9)11-12-16/h5-7H,8H2,1-4H3/q+1. The van der Waals surface area contributed by atoms with Gasteiger partial charge in [0, 0.05) is 33.4 Å². The van der Waals surface area contributed by atoms with E-state index in [-0.39, 0.29) is 0 Å². The Morgan fingerprint density at radius 2 is 1.94 bits per heavy atom. The highest BCUT2D eigenvalue weighted by Crippen LogP contribution is 2.25. The molecular weight excluding hydrogens is 220 g/mol. The monoisotopic (exact) mass is 237 g/mol. The van der Waals surface area contributed by atoms with Gasteiger partial charge in [-0.05, 0) is 15.8 Å². The van der Waals surface area contributed by atoms with Crippen molar-refractivity contribution in [3.05, 3.63) is 24.0 Å². The maximum Gasteiger partial charge on any atom is 0.554 e. The Morgan fingerprint density at radius 1 is 1.24 bits per heavy atom. The average molecular weight is 237 g/mol. The number of allylic oxidation sites excluding steroid dienone is 2. The van der Waals surface area contributed by atoms with E-state index in [0.29, 0.717) is 12.6 Å². The van der Waals surface area contributed by atoms with Crippen LogP contribution in [0.25, 0.3) is 0 Å². The Morgan fingerprint density at radius 3 is 2.59 bits per heavy atom. The van der Waals surface area contributed by atoms with Crippen LogP contribution in [0.3, 0.4) is 0 Å². The quantitative estimate of drug-likeness (QED) is 0.639. The van der Waals surface area contributed by atoms with Gasteiger partial charge in [0.25, 0.3) is 0 Å². The molecule has 2 heterocycles. The minimum Gasteiger partial charge on any atom is -0.279 e. The van der Waals surface area contributed by atoms with Crippen LogP contribution in [0.4, 0.5) is 4.53 Å². The molecule has 17 heavy (non-hydrogen) atoms. The second kappa shape index (κ2) is 4.44. The summed E-state index contributed by atoms with van der Waals surface area (Å²) >= 11 is 0. The van der Waals surface area contributed by atoms with Crippen LogP contribution in [0.1, 0.15) is 0 Å². The van der Waals surface area contributed by atoms with Crippen molar-refractivity contribution < 1.29 is 4.53 Å². The molecule has 0 radical (unpaired) electrons. The molecule has 2 amide bonds. The average Bonchev–Trinajstić information content (AvgIpc) is 2.68. The lowest BCUT2D eigenvalue weighted by Gasteiger charge is -2.14. The topological polar surface area (TPSA) is 49.0 Å². The largest absolute Gasteiger partial charge is 0.554 e. The first-order valence-corrected chi connectivity index (χ1v) is 5.35. The molecule has 0 atom stereocenters. The Hall–Kier alpha value is -2.05. The molecular formula is C10H17N6O+. The van der Waals surface area contributed by atoms with Crippen molar-refractivity contribution in [2.24, 2.45) is 10.4 Å². The van der Waals surface area contributed by atoms with Gasteiger partial charge in [0.05, 0.1) is 6.54 Å². The number of hydrogen-bond donors (Lipinski definition) is 0. The zero-order chi connectivity index (χ0) is 12.4. The minimum atomic E-state index is 0.682. The van der Waals surface area contributed by atoms with Crippen molar-refractivity contribution in [3.63, 3.8) is 0 Å². The van der Waals surface area contributed by atoms with E-state index in [0.717, 1.165) is 5.82 Å². The third-order valence-corrected chi connectivity index (χ3v) is 2.28. The van der Waals surface area contributed by atoms with Gasteiger partial charge < -0.3 is 0 Å². The van der Waals surface area contributed by atoms with Crippen molar-refractivity contribution in [1.29, 1.82) is 0 Å². The van der Waals surface area contributed by atoms with Crippen LogP contribution in [-0.2, 0) is 0 Å². The third kappa shape index (κ3) is 2.22. The Kier molecular flexibility index (Phi) is 2.99. The van der Waals surface area contributed by atoms with Gasteiger partial charge in [-0.3, -0.25) is 9.80 Å². The second-order valence-electron chi connectivity index (χ2n) is 4.15. The second-order valence-corrected chi connectivity index (χ2v) is 4.15. The van der Waals surface area contributed by atoms with E-state index < -0.39 is 0 Å². The fraction of sp³-hybridized carbons (Fsp3) is 0.500. The summed E-state index contributed by atoms with van der Waals surface area (Å²) in [5.41, 5.74) is 0. The summed E-state index contributed by atoms with van der Waals surface area (Å²) in [4.78, 5) is 3.74. The maximum absolute atomic E-state index is 5.70. The van der Waals surface area contributed by atoms with Crippen LogP contribution < -0.4 is 0 Å². The molecule has 0 aromatic heterocycles. The molecule has 7 heteroatoms. The summed E-state index contributed by atoms with van der Waals surface area (Å²) in [5.74, 6) is 0.814. The van der Waals surface area contributed by atoms with Crippen LogP contribution in [0, 0.1) is 0 Å². The molecule has 0 aromatic carbocycles. The summed E-state index contributed by atoms with van der Waals surface area (Å²) in [6.45, 7) is 0.717. The lowest BCUT2D eigenvalue weighted by Crippen LogP contribution is -2.36. The molecule has 2 aliphatic heterocycles. The first-order chi connectivity index (χ1) is 8.09. The highest BCUT2D eigenvalue weighted by molar-refractivity contribution is 5.73. The zero-order valence-corrected chi connectivity index (χ0v) is 10.5. The molecule has 2 rings (SSSR count). The van der Waals surface area contributed by atoms with Crippen molar-refractivity contribution in [1.82, 2.24) is 20.0 Å². The predicted octanol–water partition coefficient (Wildman–Crippen LogP) is 0.991. The molecule has 0 unspecified atom stereocenters.